The Hall–Kier alpha value is -2.61. The van der Waals surface area contributed by atoms with Gasteiger partial charge in [0.15, 0.2) is 0 Å². The highest BCUT2D eigenvalue weighted by atomic mass is 32.2. The number of carbonyl (C=O) groups is 1. The number of sulfonamides is 1. The molecule has 1 atom stereocenters. The summed E-state index contributed by atoms with van der Waals surface area (Å²) in [6.45, 7) is 1.82. The summed E-state index contributed by atoms with van der Waals surface area (Å²) in [5.41, 5.74) is 1.11. The summed E-state index contributed by atoms with van der Waals surface area (Å²) in [7, 11) is -0.567. The lowest BCUT2D eigenvalue weighted by Gasteiger charge is -2.31. The van der Waals surface area contributed by atoms with Crippen LogP contribution < -0.4 is 9.04 Å². The Kier molecular flexibility index (Phi) is 6.43. The molecule has 0 fully saturated rings. The number of rotatable bonds is 7. The standard InChI is InChI=1S/C19H23FN2O4S/c1-14(22(27(4,24)25)17-9-7-16(20)8-10-17)19(23)21(2)13-15-5-11-18(26-3)12-6-15/h5-12,14H,13H2,1-4H3/t14-/m1/s1. The molecule has 0 radical (unpaired) electrons. The number of halogens is 1. The van der Waals surface area contributed by atoms with E-state index in [1.54, 1.807) is 26.3 Å². The number of benzene rings is 2. The minimum Gasteiger partial charge on any atom is -0.497 e. The summed E-state index contributed by atoms with van der Waals surface area (Å²) < 4.78 is 43.8. The Bertz CT molecular complexity index is 883. The number of hydrogen-bond donors (Lipinski definition) is 0. The second-order valence-electron chi connectivity index (χ2n) is 6.25. The molecule has 1 amide bonds. The number of nitrogens with zero attached hydrogens (tertiary/aromatic N) is 2. The van der Waals surface area contributed by atoms with Crippen molar-refractivity contribution < 1.29 is 22.3 Å². The fourth-order valence-corrected chi connectivity index (χ4v) is 3.96. The van der Waals surface area contributed by atoms with Crippen molar-refractivity contribution >= 4 is 21.6 Å². The van der Waals surface area contributed by atoms with Crippen LogP contribution in [0.2, 0.25) is 0 Å². The van der Waals surface area contributed by atoms with Crippen molar-refractivity contribution in [2.24, 2.45) is 0 Å². The van der Waals surface area contributed by atoms with Gasteiger partial charge in [-0.05, 0) is 48.9 Å². The molecule has 8 heteroatoms. The highest BCUT2D eigenvalue weighted by Gasteiger charge is 2.31. The van der Waals surface area contributed by atoms with Gasteiger partial charge in [0.2, 0.25) is 15.9 Å². The predicted molar refractivity (Wildman–Crippen MR) is 103 cm³/mol. The smallest absolute Gasteiger partial charge is 0.246 e. The lowest BCUT2D eigenvalue weighted by atomic mass is 10.2. The molecular weight excluding hydrogens is 371 g/mol. The first-order valence-electron chi connectivity index (χ1n) is 8.26. The second kappa shape index (κ2) is 8.39. The van der Waals surface area contributed by atoms with Gasteiger partial charge in [0.25, 0.3) is 0 Å². The fraction of sp³-hybridized carbons (Fsp3) is 0.316. The van der Waals surface area contributed by atoms with Crippen molar-refractivity contribution in [3.8, 4) is 5.75 Å². The Morgan fingerprint density at radius 1 is 1.11 bits per heavy atom. The third-order valence-electron chi connectivity index (χ3n) is 4.10. The molecule has 0 N–H and O–H groups in total. The SMILES string of the molecule is COc1ccc(CN(C)C(=O)[C@@H](C)N(c2ccc(F)cc2)S(C)(=O)=O)cc1. The lowest BCUT2D eigenvalue weighted by Crippen LogP contribution is -2.48. The zero-order chi connectivity index (χ0) is 20.2. The zero-order valence-electron chi connectivity index (χ0n) is 15.7. The van der Waals surface area contributed by atoms with Gasteiger partial charge in [-0.1, -0.05) is 12.1 Å². The number of carbonyl (C=O) groups excluding carboxylic acids is 1. The quantitative estimate of drug-likeness (QED) is 0.724. The van der Waals surface area contributed by atoms with Crippen LogP contribution in [0.3, 0.4) is 0 Å². The fourth-order valence-electron chi connectivity index (χ4n) is 2.79. The number of hydrogen-bond acceptors (Lipinski definition) is 4. The minimum absolute atomic E-state index is 0.234. The maximum absolute atomic E-state index is 13.2. The topological polar surface area (TPSA) is 66.9 Å². The van der Waals surface area contributed by atoms with E-state index in [1.807, 2.05) is 12.1 Å². The largest absolute Gasteiger partial charge is 0.497 e. The first-order chi connectivity index (χ1) is 12.6. The summed E-state index contributed by atoms with van der Waals surface area (Å²) in [6, 6.07) is 11.3. The Morgan fingerprint density at radius 2 is 1.67 bits per heavy atom. The van der Waals surface area contributed by atoms with E-state index in [-0.39, 0.29) is 11.6 Å². The molecule has 27 heavy (non-hydrogen) atoms. The van der Waals surface area contributed by atoms with Gasteiger partial charge < -0.3 is 9.64 Å². The first-order valence-corrected chi connectivity index (χ1v) is 10.1. The summed E-state index contributed by atoms with van der Waals surface area (Å²) >= 11 is 0. The number of methoxy groups -OCH3 is 1. The van der Waals surface area contributed by atoms with Gasteiger partial charge in [-0.25, -0.2) is 12.8 Å². The van der Waals surface area contributed by atoms with Crippen LogP contribution >= 0.6 is 0 Å². The van der Waals surface area contributed by atoms with Crippen LogP contribution in [0, 0.1) is 5.82 Å². The molecular formula is C19H23FN2O4S. The van der Waals surface area contributed by atoms with Gasteiger partial charge in [-0.2, -0.15) is 0 Å². The van der Waals surface area contributed by atoms with Crippen LogP contribution in [0.1, 0.15) is 12.5 Å². The minimum atomic E-state index is -3.74. The van der Waals surface area contributed by atoms with Crippen LogP contribution in [0.4, 0.5) is 10.1 Å². The van der Waals surface area contributed by atoms with E-state index in [4.69, 9.17) is 4.74 Å². The van der Waals surface area contributed by atoms with E-state index in [1.165, 1.54) is 24.0 Å². The van der Waals surface area contributed by atoms with Gasteiger partial charge >= 0.3 is 0 Å². The number of likely N-dealkylation sites (N-methyl/N-ethyl adjacent to an activating group) is 1. The zero-order valence-corrected chi connectivity index (χ0v) is 16.5. The van der Waals surface area contributed by atoms with Crippen LogP contribution in [0.5, 0.6) is 5.75 Å². The van der Waals surface area contributed by atoms with E-state index in [2.05, 4.69) is 0 Å². The van der Waals surface area contributed by atoms with Crippen molar-refractivity contribution in [2.75, 3.05) is 24.7 Å². The molecule has 0 saturated carbocycles. The molecule has 0 heterocycles. The maximum atomic E-state index is 13.2. The molecule has 2 aromatic rings. The number of anilines is 1. The van der Waals surface area contributed by atoms with Gasteiger partial charge in [0, 0.05) is 13.6 Å². The van der Waals surface area contributed by atoms with Gasteiger partial charge in [-0.15, -0.1) is 0 Å². The number of ether oxygens (including phenoxy) is 1. The average molecular weight is 394 g/mol. The Labute approximate surface area is 159 Å². The molecule has 146 valence electrons. The molecule has 0 bridgehead atoms. The average Bonchev–Trinajstić information content (AvgIpc) is 2.62. The Morgan fingerprint density at radius 3 is 2.15 bits per heavy atom. The summed E-state index contributed by atoms with van der Waals surface area (Å²) in [5.74, 6) is -0.149. The van der Waals surface area contributed by atoms with Gasteiger partial charge in [0.1, 0.15) is 17.6 Å². The molecule has 0 saturated heterocycles. The van der Waals surface area contributed by atoms with E-state index in [9.17, 15) is 17.6 Å². The molecule has 0 aliphatic rings. The normalized spacial score (nSPS) is 12.3. The molecule has 0 aliphatic carbocycles. The monoisotopic (exact) mass is 394 g/mol. The van der Waals surface area contributed by atoms with Crippen molar-refractivity contribution in [1.82, 2.24) is 4.90 Å². The third-order valence-corrected chi connectivity index (χ3v) is 5.34. The molecule has 0 spiro atoms. The highest BCUT2D eigenvalue weighted by Crippen LogP contribution is 2.22. The molecule has 2 rings (SSSR count). The van der Waals surface area contributed by atoms with Gasteiger partial charge in [0.05, 0.1) is 19.1 Å². The van der Waals surface area contributed by atoms with Crippen molar-refractivity contribution in [1.29, 1.82) is 0 Å². The number of amides is 1. The van der Waals surface area contributed by atoms with E-state index in [0.29, 0.717) is 12.3 Å². The predicted octanol–water partition coefficient (Wildman–Crippen LogP) is 2.65. The highest BCUT2D eigenvalue weighted by molar-refractivity contribution is 7.92. The van der Waals surface area contributed by atoms with Crippen LogP contribution in [-0.4, -0.2) is 45.7 Å². The summed E-state index contributed by atoms with van der Waals surface area (Å²) in [4.78, 5) is 14.3. The molecule has 0 aromatic heterocycles. The lowest BCUT2D eigenvalue weighted by molar-refractivity contribution is -0.131. The molecule has 2 aromatic carbocycles. The summed E-state index contributed by atoms with van der Waals surface area (Å²) in [5, 5.41) is 0. The van der Waals surface area contributed by atoms with Crippen molar-refractivity contribution in [3.63, 3.8) is 0 Å². The summed E-state index contributed by atoms with van der Waals surface area (Å²) in [6.07, 6.45) is 1.02. The third kappa shape index (κ3) is 5.19. The molecule has 0 aliphatic heterocycles. The van der Waals surface area contributed by atoms with Crippen LogP contribution in [0.25, 0.3) is 0 Å². The molecule has 0 unspecified atom stereocenters. The molecule has 6 nitrogen and oxygen atoms in total. The van der Waals surface area contributed by atoms with Crippen molar-refractivity contribution in [3.05, 3.63) is 59.9 Å². The van der Waals surface area contributed by atoms with Crippen molar-refractivity contribution in [2.45, 2.75) is 19.5 Å². The van der Waals surface area contributed by atoms with Crippen LogP contribution in [-0.2, 0) is 21.4 Å². The van der Waals surface area contributed by atoms with E-state index >= 15 is 0 Å². The van der Waals surface area contributed by atoms with Gasteiger partial charge in [-0.3, -0.25) is 9.10 Å². The maximum Gasteiger partial charge on any atom is 0.246 e. The Balaban J connectivity index is 2.21. The first kappa shape index (κ1) is 20.7. The van der Waals surface area contributed by atoms with E-state index < -0.39 is 21.9 Å². The van der Waals surface area contributed by atoms with Crippen LogP contribution in [0.15, 0.2) is 48.5 Å². The van der Waals surface area contributed by atoms with E-state index in [0.717, 1.165) is 28.3 Å². The second-order valence-corrected chi connectivity index (χ2v) is 8.11.